The number of halogens is 2. The van der Waals surface area contributed by atoms with Crippen molar-refractivity contribution in [1.29, 1.82) is 0 Å². The number of benzene rings is 1. The molecule has 0 spiro atoms. The van der Waals surface area contributed by atoms with Crippen molar-refractivity contribution >= 4 is 0 Å². The second-order valence-electron chi connectivity index (χ2n) is 4.41. The number of nitrogens with zero attached hydrogens (tertiary/aromatic N) is 2. The highest BCUT2D eigenvalue weighted by atomic mass is 19.3. The molecule has 0 bridgehead atoms. The molecular formula is C14H16F2N2O2. The molecule has 0 aliphatic rings. The minimum atomic E-state index is -3.15. The zero-order chi connectivity index (χ0) is 14.4. The smallest absolute Gasteiger partial charge is 0.334 e. The Hall–Kier alpha value is -1.82. The molecular weight excluding hydrogens is 266 g/mol. The maximum absolute atomic E-state index is 13.3. The van der Waals surface area contributed by atoms with Crippen LogP contribution < -0.4 is 0 Å². The van der Waals surface area contributed by atoms with Crippen LogP contribution >= 0.6 is 0 Å². The van der Waals surface area contributed by atoms with Gasteiger partial charge in [-0.2, -0.15) is 13.8 Å². The highest BCUT2D eigenvalue weighted by Crippen LogP contribution is 2.24. The molecule has 108 valence electrons. The van der Waals surface area contributed by atoms with Crippen LogP contribution in [0.3, 0.4) is 0 Å². The lowest BCUT2D eigenvalue weighted by atomic mass is 10.2. The van der Waals surface area contributed by atoms with E-state index < -0.39 is 6.11 Å². The molecule has 0 amide bonds. The predicted octanol–water partition coefficient (Wildman–Crippen LogP) is 4.04. The van der Waals surface area contributed by atoms with Crippen molar-refractivity contribution in [1.82, 2.24) is 10.1 Å². The maximum atomic E-state index is 13.3. The van der Waals surface area contributed by atoms with E-state index in [1.807, 2.05) is 25.1 Å². The third-order valence-corrected chi connectivity index (χ3v) is 2.72. The van der Waals surface area contributed by atoms with Crippen molar-refractivity contribution in [2.75, 3.05) is 0 Å². The van der Waals surface area contributed by atoms with Crippen LogP contribution in [0.5, 0.6) is 0 Å². The van der Waals surface area contributed by atoms with Crippen LogP contribution in [0.1, 0.15) is 32.0 Å². The minimum Gasteiger partial charge on any atom is -0.334 e. The Labute approximate surface area is 115 Å². The summed E-state index contributed by atoms with van der Waals surface area (Å²) in [6, 6.07) is 9.11. The minimum absolute atomic E-state index is 0.111. The van der Waals surface area contributed by atoms with E-state index in [0.717, 1.165) is 5.56 Å². The van der Waals surface area contributed by atoms with Crippen LogP contribution in [0.25, 0.3) is 11.5 Å². The molecule has 6 heteroatoms. The van der Waals surface area contributed by atoms with Gasteiger partial charge in [0.1, 0.15) is 6.61 Å². The van der Waals surface area contributed by atoms with Crippen LogP contribution in [0.15, 0.2) is 34.9 Å². The van der Waals surface area contributed by atoms with Crippen LogP contribution in [0, 0.1) is 0 Å². The number of alkyl halides is 2. The third kappa shape index (κ3) is 4.09. The van der Waals surface area contributed by atoms with Gasteiger partial charge in [0.2, 0.25) is 0 Å². The van der Waals surface area contributed by atoms with Crippen molar-refractivity contribution in [3.05, 3.63) is 36.2 Å². The van der Waals surface area contributed by atoms with Gasteiger partial charge in [-0.1, -0.05) is 36.7 Å². The summed E-state index contributed by atoms with van der Waals surface area (Å²) in [5.74, 6) is 0.404. The molecule has 1 heterocycles. The number of hydrogen-bond donors (Lipinski definition) is 0. The number of aromatic nitrogens is 2. The molecule has 0 unspecified atom stereocenters. The summed E-state index contributed by atoms with van der Waals surface area (Å²) in [5, 5.41) is 3.63. The van der Waals surface area contributed by atoms with Gasteiger partial charge in [-0.05, 0) is 18.6 Å². The van der Waals surface area contributed by atoms with Crippen molar-refractivity contribution < 1.29 is 18.0 Å². The van der Waals surface area contributed by atoms with Gasteiger partial charge in [0.05, 0.1) is 0 Å². The van der Waals surface area contributed by atoms with E-state index in [0.29, 0.717) is 18.7 Å². The standard InChI is InChI=1S/C14H16F2N2O2/c1-2-3-9-14(15,16)19-10-12-17-13(20-18-12)11-7-5-4-6-8-11/h4-8H,2-3,9-10H2,1H3. The predicted molar refractivity (Wildman–Crippen MR) is 69.0 cm³/mol. The summed E-state index contributed by atoms with van der Waals surface area (Å²) in [6.45, 7) is 1.48. The van der Waals surface area contributed by atoms with Crippen LogP contribution in [0.4, 0.5) is 8.78 Å². The second kappa shape index (κ2) is 6.56. The zero-order valence-corrected chi connectivity index (χ0v) is 11.2. The topological polar surface area (TPSA) is 48.2 Å². The summed E-state index contributed by atoms with van der Waals surface area (Å²) >= 11 is 0. The highest BCUT2D eigenvalue weighted by Gasteiger charge is 2.29. The fraction of sp³-hybridized carbons (Fsp3) is 0.429. The van der Waals surface area contributed by atoms with Crippen LogP contribution in [-0.2, 0) is 11.3 Å². The lowest BCUT2D eigenvalue weighted by Gasteiger charge is -2.14. The first-order valence-corrected chi connectivity index (χ1v) is 6.50. The van der Waals surface area contributed by atoms with Crippen molar-refractivity contribution in [2.24, 2.45) is 0 Å². The van der Waals surface area contributed by atoms with Gasteiger partial charge < -0.3 is 9.26 Å². The molecule has 2 rings (SSSR count). The molecule has 2 aromatic rings. The molecule has 0 aliphatic heterocycles. The summed E-state index contributed by atoms with van der Waals surface area (Å²) in [5.41, 5.74) is 0.740. The van der Waals surface area contributed by atoms with E-state index in [-0.39, 0.29) is 18.9 Å². The fourth-order valence-electron chi connectivity index (χ4n) is 1.64. The Bertz CT molecular complexity index is 529. The van der Waals surface area contributed by atoms with Gasteiger partial charge in [0.25, 0.3) is 5.89 Å². The summed E-state index contributed by atoms with van der Waals surface area (Å²) in [7, 11) is 0. The summed E-state index contributed by atoms with van der Waals surface area (Å²) in [4.78, 5) is 4.03. The van der Waals surface area contributed by atoms with E-state index in [4.69, 9.17) is 4.52 Å². The normalized spacial score (nSPS) is 11.8. The number of unbranched alkanes of at least 4 members (excludes halogenated alkanes) is 1. The molecule has 20 heavy (non-hydrogen) atoms. The first-order chi connectivity index (χ1) is 9.61. The highest BCUT2D eigenvalue weighted by molar-refractivity contribution is 5.51. The third-order valence-electron chi connectivity index (χ3n) is 2.72. The van der Waals surface area contributed by atoms with E-state index in [2.05, 4.69) is 14.9 Å². The quantitative estimate of drug-likeness (QED) is 0.769. The molecule has 0 aliphatic carbocycles. The average molecular weight is 282 g/mol. The molecule has 1 aromatic heterocycles. The van der Waals surface area contributed by atoms with Gasteiger partial charge in [-0.3, -0.25) is 0 Å². The molecule has 0 saturated heterocycles. The molecule has 1 aromatic carbocycles. The first kappa shape index (κ1) is 14.6. The van der Waals surface area contributed by atoms with Gasteiger partial charge in [-0.15, -0.1) is 0 Å². The SMILES string of the molecule is CCCCC(F)(F)OCc1noc(-c2ccccc2)n1. The second-order valence-corrected chi connectivity index (χ2v) is 4.41. The van der Waals surface area contributed by atoms with Gasteiger partial charge >= 0.3 is 6.11 Å². The maximum Gasteiger partial charge on any atom is 0.356 e. The monoisotopic (exact) mass is 282 g/mol. The molecule has 4 nitrogen and oxygen atoms in total. The first-order valence-electron chi connectivity index (χ1n) is 6.50. The average Bonchev–Trinajstić information content (AvgIpc) is 2.93. The number of ether oxygens (including phenoxy) is 1. The van der Waals surface area contributed by atoms with Gasteiger partial charge in [-0.25, -0.2) is 0 Å². The van der Waals surface area contributed by atoms with Crippen molar-refractivity contribution in [3.63, 3.8) is 0 Å². The van der Waals surface area contributed by atoms with Crippen molar-refractivity contribution in [3.8, 4) is 11.5 Å². The lowest BCUT2D eigenvalue weighted by Crippen LogP contribution is -2.20. The number of hydrogen-bond acceptors (Lipinski definition) is 4. The Morgan fingerprint density at radius 2 is 2.00 bits per heavy atom. The van der Waals surface area contributed by atoms with Crippen molar-refractivity contribution in [2.45, 2.75) is 38.9 Å². The van der Waals surface area contributed by atoms with E-state index >= 15 is 0 Å². The summed E-state index contributed by atoms with van der Waals surface area (Å²) in [6.07, 6.45) is -2.34. The van der Waals surface area contributed by atoms with E-state index in [1.54, 1.807) is 12.1 Å². The Morgan fingerprint density at radius 3 is 2.70 bits per heavy atom. The Kier molecular flexibility index (Phi) is 4.79. The molecule has 0 N–H and O–H groups in total. The number of rotatable bonds is 7. The van der Waals surface area contributed by atoms with Crippen LogP contribution in [0.2, 0.25) is 0 Å². The molecule has 0 fully saturated rings. The molecule has 0 radical (unpaired) electrons. The van der Waals surface area contributed by atoms with Gasteiger partial charge in [0.15, 0.2) is 5.82 Å². The molecule has 0 atom stereocenters. The van der Waals surface area contributed by atoms with E-state index in [1.165, 1.54) is 0 Å². The molecule has 0 saturated carbocycles. The zero-order valence-electron chi connectivity index (χ0n) is 11.2. The van der Waals surface area contributed by atoms with Crippen LogP contribution in [-0.4, -0.2) is 16.2 Å². The van der Waals surface area contributed by atoms with Gasteiger partial charge in [0, 0.05) is 12.0 Å². The van der Waals surface area contributed by atoms with E-state index in [9.17, 15) is 8.78 Å². The largest absolute Gasteiger partial charge is 0.356 e. The lowest BCUT2D eigenvalue weighted by molar-refractivity contribution is -0.250. The Balaban J connectivity index is 1.93. The Morgan fingerprint density at radius 1 is 1.25 bits per heavy atom. The fourth-order valence-corrected chi connectivity index (χ4v) is 1.64. The summed E-state index contributed by atoms with van der Waals surface area (Å²) < 4.78 is 36.2.